The quantitative estimate of drug-likeness (QED) is 0.837. The Hall–Kier alpha value is -1.80. The van der Waals surface area contributed by atoms with Crippen molar-refractivity contribution in [3.63, 3.8) is 0 Å². The van der Waals surface area contributed by atoms with E-state index in [1.807, 2.05) is 6.07 Å². The molecule has 3 saturated heterocycles. The highest BCUT2D eigenvalue weighted by atomic mass is 16.5. The molecular formula is C21H28N4O. The molecule has 0 spiro atoms. The van der Waals surface area contributed by atoms with E-state index < -0.39 is 0 Å². The van der Waals surface area contributed by atoms with Crippen molar-refractivity contribution in [3.05, 3.63) is 17.8 Å². The Labute approximate surface area is 155 Å². The number of nitriles is 1. The number of methoxy groups -OCH3 is 1. The molecule has 5 rings (SSSR count). The summed E-state index contributed by atoms with van der Waals surface area (Å²) < 4.78 is 5.33. The van der Waals surface area contributed by atoms with Gasteiger partial charge in [0.15, 0.2) is 0 Å². The molecule has 1 aliphatic carbocycles. The summed E-state index contributed by atoms with van der Waals surface area (Å²) in [7, 11) is 1.59. The maximum Gasteiger partial charge on any atom is 0.233 e. The van der Waals surface area contributed by atoms with Crippen molar-refractivity contribution in [1.29, 1.82) is 5.26 Å². The van der Waals surface area contributed by atoms with Crippen LogP contribution in [-0.2, 0) is 0 Å². The van der Waals surface area contributed by atoms with Gasteiger partial charge in [0.2, 0.25) is 5.88 Å². The zero-order valence-corrected chi connectivity index (χ0v) is 15.6. The average molecular weight is 352 g/mol. The van der Waals surface area contributed by atoms with Gasteiger partial charge in [-0.3, -0.25) is 4.90 Å². The highest BCUT2D eigenvalue weighted by Crippen LogP contribution is 2.47. The summed E-state index contributed by atoms with van der Waals surface area (Å²) in [5.41, 5.74) is 1.60. The minimum Gasteiger partial charge on any atom is -0.480 e. The summed E-state index contributed by atoms with van der Waals surface area (Å²) >= 11 is 0. The van der Waals surface area contributed by atoms with Crippen LogP contribution in [0.25, 0.3) is 0 Å². The molecule has 4 heterocycles. The van der Waals surface area contributed by atoms with Crippen LogP contribution < -0.4 is 9.64 Å². The molecule has 1 aromatic heterocycles. The van der Waals surface area contributed by atoms with Crippen molar-refractivity contribution >= 4 is 5.69 Å². The van der Waals surface area contributed by atoms with Crippen LogP contribution in [0.15, 0.2) is 12.3 Å². The Morgan fingerprint density at radius 1 is 1.12 bits per heavy atom. The second kappa shape index (κ2) is 6.42. The first-order valence-electron chi connectivity index (χ1n) is 10.2. The lowest BCUT2D eigenvalue weighted by atomic mass is 9.74. The van der Waals surface area contributed by atoms with Crippen LogP contribution in [-0.4, -0.2) is 48.7 Å². The lowest BCUT2D eigenvalue weighted by Crippen LogP contribution is -2.62. The number of ether oxygens (including phenoxy) is 1. The number of nitrogens with zero attached hydrogens (tertiary/aromatic N) is 4. The zero-order valence-electron chi connectivity index (χ0n) is 15.6. The molecule has 3 aliphatic heterocycles. The van der Waals surface area contributed by atoms with E-state index in [9.17, 15) is 5.26 Å². The van der Waals surface area contributed by atoms with Gasteiger partial charge >= 0.3 is 0 Å². The van der Waals surface area contributed by atoms with Gasteiger partial charge in [0, 0.05) is 37.9 Å². The summed E-state index contributed by atoms with van der Waals surface area (Å²) in [5, 5.41) is 9.65. The Bertz CT molecular complexity index is 725. The first-order valence-corrected chi connectivity index (χ1v) is 10.2. The van der Waals surface area contributed by atoms with E-state index in [0.29, 0.717) is 11.4 Å². The Kier molecular flexibility index (Phi) is 4.04. The summed E-state index contributed by atoms with van der Waals surface area (Å²) in [4.78, 5) is 9.57. The Morgan fingerprint density at radius 2 is 1.92 bits per heavy atom. The maximum atomic E-state index is 9.65. The molecule has 5 heteroatoms. The first kappa shape index (κ1) is 16.4. The number of anilines is 1. The van der Waals surface area contributed by atoms with Crippen LogP contribution in [0.1, 0.15) is 44.1 Å². The Balaban J connectivity index is 1.41. The Morgan fingerprint density at radius 3 is 2.65 bits per heavy atom. The summed E-state index contributed by atoms with van der Waals surface area (Å²) in [6.45, 7) is 3.37. The van der Waals surface area contributed by atoms with Crippen molar-refractivity contribution in [2.45, 2.75) is 50.6 Å². The van der Waals surface area contributed by atoms with Crippen LogP contribution in [0.3, 0.4) is 0 Å². The van der Waals surface area contributed by atoms with Crippen molar-refractivity contribution in [2.24, 2.45) is 17.8 Å². The normalized spacial score (nSPS) is 34.1. The van der Waals surface area contributed by atoms with Gasteiger partial charge in [-0.2, -0.15) is 5.26 Å². The van der Waals surface area contributed by atoms with Crippen LogP contribution >= 0.6 is 0 Å². The number of aromatic nitrogens is 1. The van der Waals surface area contributed by atoms with Crippen LogP contribution in [0.4, 0.5) is 5.69 Å². The van der Waals surface area contributed by atoms with E-state index in [0.717, 1.165) is 48.6 Å². The molecule has 0 radical (unpaired) electrons. The fourth-order valence-electron chi connectivity index (χ4n) is 5.99. The molecule has 4 atom stereocenters. The van der Waals surface area contributed by atoms with Crippen LogP contribution in [0.5, 0.6) is 5.88 Å². The molecule has 0 N–H and O–H groups in total. The maximum absolute atomic E-state index is 9.65. The lowest BCUT2D eigenvalue weighted by Gasteiger charge is -2.55. The predicted molar refractivity (Wildman–Crippen MR) is 100 cm³/mol. The highest BCUT2D eigenvalue weighted by Gasteiger charge is 2.48. The second-order valence-electron chi connectivity index (χ2n) is 8.69. The van der Waals surface area contributed by atoms with Gasteiger partial charge in [-0.15, -0.1) is 0 Å². The summed E-state index contributed by atoms with van der Waals surface area (Å²) in [6, 6.07) is 5.93. The van der Waals surface area contributed by atoms with E-state index in [1.54, 1.807) is 13.3 Å². The number of hydrogen-bond acceptors (Lipinski definition) is 5. The monoisotopic (exact) mass is 352 g/mol. The highest BCUT2D eigenvalue weighted by molar-refractivity contribution is 5.63. The minimum atomic E-state index is 0.453. The molecule has 1 aromatic rings. The molecule has 0 amide bonds. The van der Waals surface area contributed by atoms with E-state index in [2.05, 4.69) is 20.9 Å². The molecule has 0 unspecified atom stereocenters. The molecule has 2 bridgehead atoms. The molecule has 1 saturated carbocycles. The van der Waals surface area contributed by atoms with Crippen molar-refractivity contribution in [1.82, 2.24) is 9.88 Å². The lowest BCUT2D eigenvalue weighted by molar-refractivity contribution is -0.0258. The standard InChI is InChI=1S/C21H28N4O/c1-26-21-17(10-22)20(7-8-23-21)24-11-14-9-16(13-24)19-4-2-3-18(15-5-6-15)25(19)12-14/h7-8,14-16,18-19H,2-6,9,11-13H2,1H3/t14-,16+,18+,19-/m0/s1. The topological polar surface area (TPSA) is 52.4 Å². The minimum absolute atomic E-state index is 0.453. The van der Waals surface area contributed by atoms with Crippen molar-refractivity contribution in [3.8, 4) is 11.9 Å². The molecular weight excluding hydrogens is 324 g/mol. The third-order valence-electron chi connectivity index (χ3n) is 7.14. The number of rotatable bonds is 3. The fraction of sp³-hybridized carbons (Fsp3) is 0.714. The second-order valence-corrected chi connectivity index (χ2v) is 8.69. The van der Waals surface area contributed by atoms with E-state index in [-0.39, 0.29) is 0 Å². The van der Waals surface area contributed by atoms with Crippen molar-refractivity contribution < 1.29 is 4.74 Å². The summed E-state index contributed by atoms with van der Waals surface area (Å²) in [6.07, 6.45) is 10.2. The summed E-state index contributed by atoms with van der Waals surface area (Å²) in [5.74, 6) is 2.89. The molecule has 4 aliphatic rings. The molecule has 138 valence electrons. The van der Waals surface area contributed by atoms with Gasteiger partial charge in [-0.25, -0.2) is 4.98 Å². The molecule has 26 heavy (non-hydrogen) atoms. The smallest absolute Gasteiger partial charge is 0.233 e. The molecule has 4 fully saturated rings. The van der Waals surface area contributed by atoms with E-state index in [1.165, 1.54) is 45.1 Å². The third-order valence-corrected chi connectivity index (χ3v) is 7.14. The average Bonchev–Trinajstić information content (AvgIpc) is 3.51. The van der Waals surface area contributed by atoms with E-state index in [4.69, 9.17) is 4.74 Å². The van der Waals surface area contributed by atoms with Crippen LogP contribution in [0, 0.1) is 29.1 Å². The molecule has 5 nitrogen and oxygen atoms in total. The van der Waals surface area contributed by atoms with Gasteiger partial charge in [0.05, 0.1) is 12.8 Å². The number of piperidine rings is 3. The number of pyridine rings is 1. The third kappa shape index (κ3) is 2.66. The van der Waals surface area contributed by atoms with E-state index >= 15 is 0 Å². The SMILES string of the molecule is COc1nccc(N2C[C@@H]3C[C@H](C2)[C@@H]2CCC[C@H](C4CC4)N2C3)c1C#N. The largest absolute Gasteiger partial charge is 0.480 e. The predicted octanol–water partition coefficient (Wildman–Crippen LogP) is 3.05. The van der Waals surface area contributed by atoms with Gasteiger partial charge in [-0.1, -0.05) is 6.42 Å². The van der Waals surface area contributed by atoms with Crippen LogP contribution in [0.2, 0.25) is 0 Å². The van der Waals surface area contributed by atoms with Crippen molar-refractivity contribution in [2.75, 3.05) is 31.6 Å². The van der Waals surface area contributed by atoms with Gasteiger partial charge in [0.25, 0.3) is 0 Å². The first-order chi connectivity index (χ1) is 12.8. The number of fused-ring (bicyclic) bond motifs is 4. The zero-order chi connectivity index (χ0) is 17.7. The van der Waals surface area contributed by atoms with Gasteiger partial charge < -0.3 is 9.64 Å². The van der Waals surface area contributed by atoms with Gasteiger partial charge in [0.1, 0.15) is 11.6 Å². The number of hydrogen-bond donors (Lipinski definition) is 0. The molecule has 0 aromatic carbocycles. The van der Waals surface area contributed by atoms with Gasteiger partial charge in [-0.05, 0) is 55.9 Å². The fourth-order valence-corrected chi connectivity index (χ4v) is 5.99.